The summed E-state index contributed by atoms with van der Waals surface area (Å²) in [5, 5.41) is 0. The number of ether oxygens (including phenoxy) is 1. The Labute approximate surface area is 146 Å². The van der Waals surface area contributed by atoms with Gasteiger partial charge in [0.15, 0.2) is 0 Å². The molecule has 22 heavy (non-hydrogen) atoms. The Kier molecular flexibility index (Phi) is 9.90. The number of morpholine rings is 1. The number of hydrogen-bond acceptors (Lipinski definition) is 4. The minimum atomic E-state index is -0.342. The Balaban J connectivity index is 0.00000220. The predicted molar refractivity (Wildman–Crippen MR) is 93.9 cm³/mol. The topological polar surface area (TPSA) is 58.8 Å². The molecule has 0 bridgehead atoms. The van der Waals surface area contributed by atoms with Crippen molar-refractivity contribution < 1.29 is 9.53 Å². The molecule has 132 valence electrons. The van der Waals surface area contributed by atoms with E-state index in [-0.39, 0.29) is 36.8 Å². The minimum Gasteiger partial charge on any atom is -0.379 e. The van der Waals surface area contributed by atoms with Crippen molar-refractivity contribution in [1.29, 1.82) is 0 Å². The molecule has 2 N–H and O–H groups in total. The van der Waals surface area contributed by atoms with Gasteiger partial charge in [-0.05, 0) is 18.3 Å². The number of hydrogen-bond donors (Lipinski definition) is 1. The van der Waals surface area contributed by atoms with E-state index in [1.54, 1.807) is 0 Å². The first-order valence-corrected chi connectivity index (χ1v) is 7.85. The lowest BCUT2D eigenvalue weighted by atomic mass is 10.0. The maximum absolute atomic E-state index is 12.4. The molecule has 0 aromatic rings. The fourth-order valence-electron chi connectivity index (χ4n) is 3.36. The zero-order chi connectivity index (χ0) is 14.7. The highest BCUT2D eigenvalue weighted by atomic mass is 35.5. The van der Waals surface area contributed by atoms with Gasteiger partial charge in [-0.1, -0.05) is 20.8 Å². The number of amides is 1. The van der Waals surface area contributed by atoms with Crippen molar-refractivity contribution in [2.75, 3.05) is 39.4 Å². The third-order valence-corrected chi connectivity index (χ3v) is 4.44. The number of carbonyl (C=O) groups excluding carboxylic acids is 1. The van der Waals surface area contributed by atoms with E-state index in [1.807, 2.05) is 4.90 Å². The van der Waals surface area contributed by atoms with Gasteiger partial charge in [-0.2, -0.15) is 0 Å². The van der Waals surface area contributed by atoms with Gasteiger partial charge in [0.1, 0.15) is 0 Å². The summed E-state index contributed by atoms with van der Waals surface area (Å²) in [4.78, 5) is 16.9. The fourth-order valence-corrected chi connectivity index (χ4v) is 3.36. The van der Waals surface area contributed by atoms with Gasteiger partial charge < -0.3 is 15.4 Å². The van der Waals surface area contributed by atoms with E-state index in [0.717, 1.165) is 45.8 Å². The van der Waals surface area contributed by atoms with Crippen LogP contribution in [0.25, 0.3) is 0 Å². The Morgan fingerprint density at radius 3 is 2.36 bits per heavy atom. The average molecular weight is 356 g/mol. The Bertz CT molecular complexity index is 339. The first-order valence-electron chi connectivity index (χ1n) is 7.85. The van der Waals surface area contributed by atoms with Crippen LogP contribution in [0.5, 0.6) is 0 Å². The van der Waals surface area contributed by atoms with Crippen LogP contribution in [0, 0.1) is 11.8 Å². The lowest BCUT2D eigenvalue weighted by Crippen LogP contribution is -2.48. The number of likely N-dealkylation sites (tertiary alicyclic amines) is 1. The second-order valence-electron chi connectivity index (χ2n) is 6.67. The molecule has 0 aliphatic carbocycles. The maximum Gasteiger partial charge on any atom is 0.239 e. The van der Waals surface area contributed by atoms with Crippen LogP contribution in [0.1, 0.15) is 27.2 Å². The molecule has 0 aromatic carbocycles. The van der Waals surface area contributed by atoms with Crippen molar-refractivity contribution in [1.82, 2.24) is 9.80 Å². The van der Waals surface area contributed by atoms with Crippen LogP contribution in [0.2, 0.25) is 0 Å². The van der Waals surface area contributed by atoms with E-state index in [9.17, 15) is 4.79 Å². The second-order valence-corrected chi connectivity index (χ2v) is 6.67. The molecule has 2 unspecified atom stereocenters. The van der Waals surface area contributed by atoms with E-state index in [0.29, 0.717) is 17.9 Å². The Morgan fingerprint density at radius 2 is 1.82 bits per heavy atom. The van der Waals surface area contributed by atoms with Crippen LogP contribution >= 0.6 is 24.8 Å². The summed E-state index contributed by atoms with van der Waals surface area (Å²) in [6.45, 7) is 11.7. The fraction of sp³-hybridized carbons (Fsp3) is 0.933. The van der Waals surface area contributed by atoms with E-state index < -0.39 is 0 Å². The highest BCUT2D eigenvalue weighted by Gasteiger charge is 2.37. The number of nitrogens with two attached hydrogens (primary N) is 1. The molecule has 2 rings (SSSR count). The smallest absolute Gasteiger partial charge is 0.239 e. The quantitative estimate of drug-likeness (QED) is 0.827. The van der Waals surface area contributed by atoms with Crippen molar-refractivity contribution in [3.8, 4) is 0 Å². The van der Waals surface area contributed by atoms with Crippen LogP contribution in [0.15, 0.2) is 0 Å². The molecule has 5 nitrogen and oxygen atoms in total. The Hall–Kier alpha value is -0.0700. The van der Waals surface area contributed by atoms with Gasteiger partial charge in [0, 0.05) is 32.2 Å². The molecule has 2 aliphatic rings. The van der Waals surface area contributed by atoms with Crippen LogP contribution < -0.4 is 5.73 Å². The molecule has 0 radical (unpaired) electrons. The van der Waals surface area contributed by atoms with Gasteiger partial charge in [0.2, 0.25) is 5.91 Å². The number of carbonyl (C=O) groups is 1. The predicted octanol–water partition coefficient (Wildman–Crippen LogP) is 1.38. The van der Waals surface area contributed by atoms with Gasteiger partial charge in [-0.15, -0.1) is 24.8 Å². The van der Waals surface area contributed by atoms with Crippen LogP contribution in [0.4, 0.5) is 0 Å². The van der Waals surface area contributed by atoms with Gasteiger partial charge in [0.05, 0.1) is 19.3 Å². The normalized spacial score (nSPS) is 27.2. The summed E-state index contributed by atoms with van der Waals surface area (Å²) in [7, 11) is 0. The van der Waals surface area contributed by atoms with Crippen molar-refractivity contribution >= 4 is 30.7 Å². The molecule has 3 atom stereocenters. The first-order chi connectivity index (χ1) is 9.49. The largest absolute Gasteiger partial charge is 0.379 e. The highest BCUT2D eigenvalue weighted by Crippen LogP contribution is 2.23. The second kappa shape index (κ2) is 9.93. The standard InChI is InChI=1S/C15H29N3O2.2ClH/c1-11(2)8-13(16)15(19)18-9-12(3)14(10-18)17-4-6-20-7-5-17;;/h11-14H,4-10,16H2,1-3H3;2*1H/t12?,13-,14?;;/m0../s1. The van der Waals surface area contributed by atoms with Gasteiger partial charge in [0.25, 0.3) is 0 Å². The number of halogens is 2. The molecular formula is C15H31Cl2N3O2. The monoisotopic (exact) mass is 355 g/mol. The summed E-state index contributed by atoms with van der Waals surface area (Å²) in [6, 6.07) is 0.125. The van der Waals surface area contributed by atoms with Crippen molar-refractivity contribution in [2.24, 2.45) is 17.6 Å². The number of nitrogens with zero attached hydrogens (tertiary/aromatic N) is 2. The zero-order valence-corrected chi connectivity index (χ0v) is 15.5. The van der Waals surface area contributed by atoms with Gasteiger partial charge in [-0.25, -0.2) is 0 Å². The van der Waals surface area contributed by atoms with Crippen LogP contribution in [-0.2, 0) is 9.53 Å². The molecular weight excluding hydrogens is 325 g/mol. The summed E-state index contributed by atoms with van der Waals surface area (Å²) >= 11 is 0. The molecule has 2 fully saturated rings. The lowest BCUT2D eigenvalue weighted by molar-refractivity contribution is -0.132. The lowest BCUT2D eigenvalue weighted by Gasteiger charge is -2.34. The van der Waals surface area contributed by atoms with E-state index in [2.05, 4.69) is 25.7 Å². The summed E-state index contributed by atoms with van der Waals surface area (Å²) in [5.41, 5.74) is 6.04. The number of rotatable bonds is 4. The van der Waals surface area contributed by atoms with Crippen LogP contribution in [0.3, 0.4) is 0 Å². The van der Waals surface area contributed by atoms with E-state index in [1.165, 1.54) is 0 Å². The SMILES string of the molecule is CC(C)C[C@H](N)C(=O)N1CC(C)C(N2CCOCC2)C1.Cl.Cl. The summed E-state index contributed by atoms with van der Waals surface area (Å²) < 4.78 is 5.41. The molecule has 0 saturated carbocycles. The average Bonchev–Trinajstić information content (AvgIpc) is 2.80. The molecule has 2 aliphatic heterocycles. The Morgan fingerprint density at radius 1 is 1.23 bits per heavy atom. The molecule has 0 spiro atoms. The van der Waals surface area contributed by atoms with Crippen molar-refractivity contribution in [3.63, 3.8) is 0 Å². The van der Waals surface area contributed by atoms with Crippen LogP contribution in [-0.4, -0.2) is 67.2 Å². The molecule has 1 amide bonds. The van der Waals surface area contributed by atoms with E-state index >= 15 is 0 Å². The summed E-state index contributed by atoms with van der Waals surface area (Å²) in [5.74, 6) is 1.11. The third-order valence-electron chi connectivity index (χ3n) is 4.44. The van der Waals surface area contributed by atoms with Gasteiger partial charge in [-0.3, -0.25) is 9.69 Å². The molecule has 2 saturated heterocycles. The van der Waals surface area contributed by atoms with Gasteiger partial charge >= 0.3 is 0 Å². The molecule has 2 heterocycles. The molecule has 7 heteroatoms. The maximum atomic E-state index is 12.4. The first kappa shape index (κ1) is 21.9. The minimum absolute atomic E-state index is 0. The summed E-state index contributed by atoms with van der Waals surface area (Å²) in [6.07, 6.45) is 0.770. The van der Waals surface area contributed by atoms with E-state index in [4.69, 9.17) is 10.5 Å². The highest BCUT2D eigenvalue weighted by molar-refractivity contribution is 5.85. The van der Waals surface area contributed by atoms with Crippen molar-refractivity contribution in [3.05, 3.63) is 0 Å². The zero-order valence-electron chi connectivity index (χ0n) is 13.9. The third kappa shape index (κ3) is 5.53. The van der Waals surface area contributed by atoms with Crippen molar-refractivity contribution in [2.45, 2.75) is 39.3 Å². The molecule has 0 aromatic heterocycles.